The molecule has 0 radical (unpaired) electrons. The predicted molar refractivity (Wildman–Crippen MR) is 231 cm³/mol. The molecule has 0 aromatic heterocycles. The first-order chi connectivity index (χ1) is 26.9. The molecule has 2 fully saturated rings. The van der Waals surface area contributed by atoms with Gasteiger partial charge in [0.05, 0.1) is 0 Å². The van der Waals surface area contributed by atoms with Crippen molar-refractivity contribution in [2.45, 2.75) is 175 Å². The van der Waals surface area contributed by atoms with Gasteiger partial charge in [-0.1, -0.05) is 133 Å². The molecule has 2 aromatic rings. The molecule has 0 nitrogen and oxygen atoms in total. The molecule has 2 unspecified atom stereocenters. The number of allylic oxidation sites excluding steroid dienone is 4. The molecule has 2 atom stereocenters. The fraction of sp³-hybridized carbons (Fsp3) is 0.623. The Labute approximate surface area is 335 Å². The molecule has 2 heteroatoms. The first kappa shape index (κ1) is 43.0. The molecule has 0 saturated heterocycles. The topological polar surface area (TPSA) is 0 Å². The molecule has 0 aliphatic heterocycles. The van der Waals surface area contributed by atoms with Crippen LogP contribution in [-0.4, -0.2) is 0 Å². The summed E-state index contributed by atoms with van der Waals surface area (Å²) >= 11 is 0. The molecular formula is C53H72F2. The lowest BCUT2D eigenvalue weighted by Gasteiger charge is -2.35. The third-order valence-electron chi connectivity index (χ3n) is 13.7. The van der Waals surface area contributed by atoms with E-state index in [1.807, 2.05) is 24.3 Å². The molecule has 0 heterocycles. The molecule has 298 valence electrons. The summed E-state index contributed by atoms with van der Waals surface area (Å²) in [5, 5.41) is 0. The highest BCUT2D eigenvalue weighted by molar-refractivity contribution is 5.43. The molecule has 0 spiro atoms. The van der Waals surface area contributed by atoms with Crippen molar-refractivity contribution >= 4 is 0 Å². The Morgan fingerprint density at radius 2 is 0.964 bits per heavy atom. The van der Waals surface area contributed by atoms with Crippen molar-refractivity contribution in [3.05, 3.63) is 93.6 Å². The van der Waals surface area contributed by atoms with Crippen LogP contribution in [0.5, 0.6) is 0 Å². The van der Waals surface area contributed by atoms with Crippen LogP contribution in [0.3, 0.4) is 0 Å². The second-order valence-corrected chi connectivity index (χ2v) is 17.6. The number of unbranched alkanes of at least 4 members (excludes halogenated alkanes) is 2. The highest BCUT2D eigenvalue weighted by Crippen LogP contribution is 2.41. The number of aryl methyl sites for hydroxylation is 2. The van der Waals surface area contributed by atoms with Crippen molar-refractivity contribution in [1.82, 2.24) is 0 Å². The average Bonchev–Trinajstić information content (AvgIpc) is 3.22. The number of rotatable bonds is 11. The smallest absolute Gasteiger partial charge is 0.127 e. The lowest BCUT2D eigenvalue weighted by atomic mass is 9.71. The van der Waals surface area contributed by atoms with Crippen molar-refractivity contribution in [3.63, 3.8) is 0 Å². The molecule has 0 bridgehead atoms. The number of hydrogen-bond donors (Lipinski definition) is 0. The second kappa shape index (κ2) is 23.2. The maximum absolute atomic E-state index is 14.2. The molecule has 6 rings (SSSR count). The monoisotopic (exact) mass is 747 g/mol. The van der Waals surface area contributed by atoms with Crippen molar-refractivity contribution in [1.29, 1.82) is 0 Å². The summed E-state index contributed by atoms with van der Waals surface area (Å²) in [6.45, 7) is 8.92. The van der Waals surface area contributed by atoms with Gasteiger partial charge in [0.15, 0.2) is 0 Å². The van der Waals surface area contributed by atoms with Gasteiger partial charge in [0, 0.05) is 11.1 Å². The molecule has 2 aromatic carbocycles. The van der Waals surface area contributed by atoms with E-state index in [4.69, 9.17) is 0 Å². The standard InChI is InChI=1S/C27H37F.C26H35F/c1-3-5-7-26-19-14-23(20-27(26)28)9-8-22-12-17-25(18-13-22)24-15-10-21(6-4-2)11-16-24;1-3-5-6-25-18-13-22(19-26(25)27)8-7-21-11-16-24(17-12-21)23-14-9-20(4-2)10-15-23/h12,14,19-21,24-25H,3-7,10-11,13,15-18H2,1-2H3;11,13,18-20,23-24H,3-6,9-10,12,14-17H2,1-2H3. The lowest BCUT2D eigenvalue weighted by Crippen LogP contribution is -2.23. The molecular weight excluding hydrogens is 675 g/mol. The minimum absolute atomic E-state index is 0.100. The quantitative estimate of drug-likeness (QED) is 0.201. The average molecular weight is 747 g/mol. The Balaban J connectivity index is 0.000000211. The van der Waals surface area contributed by atoms with Crippen molar-refractivity contribution in [3.8, 4) is 23.7 Å². The maximum Gasteiger partial charge on any atom is 0.127 e. The highest BCUT2D eigenvalue weighted by Gasteiger charge is 2.29. The van der Waals surface area contributed by atoms with E-state index in [9.17, 15) is 8.78 Å². The van der Waals surface area contributed by atoms with Gasteiger partial charge in [0.2, 0.25) is 0 Å². The minimum Gasteiger partial charge on any atom is -0.207 e. The van der Waals surface area contributed by atoms with Crippen LogP contribution in [-0.2, 0) is 12.8 Å². The van der Waals surface area contributed by atoms with Crippen LogP contribution in [0.25, 0.3) is 0 Å². The van der Waals surface area contributed by atoms with Crippen LogP contribution in [0.2, 0.25) is 0 Å². The van der Waals surface area contributed by atoms with Crippen molar-refractivity contribution < 1.29 is 8.78 Å². The summed E-state index contributed by atoms with van der Waals surface area (Å²) in [4.78, 5) is 0. The SMILES string of the molecule is CCCCc1ccc(C#CC2=CCC(C3CCC(CC)CC3)CC2)cc1F.CCCCc1ccc(C#CC2=CCC(C3CCC(CCC)CC3)CC2)cc1F. The Hall–Kier alpha value is -3.10. The summed E-state index contributed by atoms with van der Waals surface area (Å²) in [6.07, 6.45) is 33.4. The number of benzene rings is 2. The van der Waals surface area contributed by atoms with Crippen LogP contribution >= 0.6 is 0 Å². The first-order valence-corrected chi connectivity index (χ1v) is 22.9. The predicted octanol–water partition coefficient (Wildman–Crippen LogP) is 15.3. The van der Waals surface area contributed by atoms with E-state index in [0.717, 1.165) is 109 Å². The first-order valence-electron chi connectivity index (χ1n) is 22.9. The third kappa shape index (κ3) is 13.8. The van der Waals surface area contributed by atoms with Gasteiger partial charge in [-0.15, -0.1) is 0 Å². The Morgan fingerprint density at radius 3 is 1.33 bits per heavy atom. The Bertz CT molecular complexity index is 1650. The van der Waals surface area contributed by atoms with Gasteiger partial charge < -0.3 is 0 Å². The lowest BCUT2D eigenvalue weighted by molar-refractivity contribution is 0.187. The molecule has 2 saturated carbocycles. The number of halogens is 2. The molecule has 55 heavy (non-hydrogen) atoms. The van der Waals surface area contributed by atoms with E-state index in [1.54, 1.807) is 12.1 Å². The highest BCUT2D eigenvalue weighted by atomic mass is 19.1. The van der Waals surface area contributed by atoms with Crippen LogP contribution in [0.4, 0.5) is 8.78 Å². The summed E-state index contributed by atoms with van der Waals surface area (Å²) in [5.41, 5.74) is 5.75. The van der Waals surface area contributed by atoms with Gasteiger partial charge in [-0.3, -0.25) is 0 Å². The van der Waals surface area contributed by atoms with Gasteiger partial charge in [-0.25, -0.2) is 8.78 Å². The maximum atomic E-state index is 14.2. The van der Waals surface area contributed by atoms with Crippen LogP contribution in [0, 0.1) is 70.8 Å². The summed E-state index contributed by atoms with van der Waals surface area (Å²) in [7, 11) is 0. The summed E-state index contributed by atoms with van der Waals surface area (Å²) < 4.78 is 28.4. The molecule has 4 aliphatic rings. The van der Waals surface area contributed by atoms with Gasteiger partial charge in [0.25, 0.3) is 0 Å². The molecule has 0 N–H and O–H groups in total. The van der Waals surface area contributed by atoms with Gasteiger partial charge in [-0.05, 0) is 172 Å². The van der Waals surface area contributed by atoms with Crippen LogP contribution in [0.1, 0.15) is 185 Å². The zero-order valence-electron chi connectivity index (χ0n) is 35.1. The van der Waals surface area contributed by atoms with E-state index in [-0.39, 0.29) is 11.6 Å². The zero-order valence-corrected chi connectivity index (χ0v) is 35.1. The van der Waals surface area contributed by atoms with Crippen LogP contribution < -0.4 is 0 Å². The van der Waals surface area contributed by atoms with E-state index < -0.39 is 0 Å². The third-order valence-corrected chi connectivity index (χ3v) is 13.7. The fourth-order valence-electron chi connectivity index (χ4n) is 9.91. The zero-order chi connectivity index (χ0) is 38.8. The normalized spacial score (nSPS) is 25.2. The Kier molecular flexibility index (Phi) is 18.2. The number of hydrogen-bond acceptors (Lipinski definition) is 0. The van der Waals surface area contributed by atoms with Crippen LogP contribution in [0.15, 0.2) is 59.7 Å². The van der Waals surface area contributed by atoms with E-state index in [1.165, 1.54) is 107 Å². The summed E-state index contributed by atoms with van der Waals surface area (Å²) in [6, 6.07) is 11.0. The van der Waals surface area contributed by atoms with E-state index >= 15 is 0 Å². The summed E-state index contributed by atoms with van der Waals surface area (Å²) in [5.74, 6) is 18.4. The minimum atomic E-state index is -0.101. The van der Waals surface area contributed by atoms with Gasteiger partial charge in [-0.2, -0.15) is 0 Å². The van der Waals surface area contributed by atoms with Gasteiger partial charge in [0.1, 0.15) is 11.6 Å². The largest absolute Gasteiger partial charge is 0.207 e. The second-order valence-electron chi connectivity index (χ2n) is 17.6. The van der Waals surface area contributed by atoms with Crippen molar-refractivity contribution in [2.75, 3.05) is 0 Å². The van der Waals surface area contributed by atoms with Crippen molar-refractivity contribution in [2.24, 2.45) is 35.5 Å². The van der Waals surface area contributed by atoms with E-state index in [2.05, 4.69) is 63.5 Å². The van der Waals surface area contributed by atoms with Gasteiger partial charge >= 0.3 is 0 Å². The molecule has 4 aliphatic carbocycles. The fourth-order valence-corrected chi connectivity index (χ4v) is 9.91. The Morgan fingerprint density at radius 1 is 0.509 bits per heavy atom. The van der Waals surface area contributed by atoms with E-state index in [0.29, 0.717) is 0 Å². The molecule has 0 amide bonds.